The normalized spacial score (nSPS) is 22.6. The van der Waals surface area contributed by atoms with Crippen LogP contribution in [0.25, 0.3) is 43.4 Å². The Balaban J connectivity index is 0.689. The van der Waals surface area contributed by atoms with E-state index in [-0.39, 0.29) is 65.8 Å². The zero-order valence-corrected chi connectivity index (χ0v) is 47.1. The van der Waals surface area contributed by atoms with Crippen molar-refractivity contribution in [2.75, 3.05) is 82.4 Å². The van der Waals surface area contributed by atoms with Crippen LogP contribution in [-0.4, -0.2) is 165 Å². The third kappa shape index (κ3) is 10.6. The molecule has 2 bridgehead atoms. The number of nitrogens with one attached hydrogen (secondary N) is 2. The Hall–Kier alpha value is -6.84. The summed E-state index contributed by atoms with van der Waals surface area (Å²) in [6, 6.07) is 18.7. The highest BCUT2D eigenvalue weighted by atomic mass is 32.1. The fourth-order valence-electron chi connectivity index (χ4n) is 12.9. The summed E-state index contributed by atoms with van der Waals surface area (Å²) in [5.41, 5.74) is 6.61. The number of aliphatic hydroxyl groups is 1. The summed E-state index contributed by atoms with van der Waals surface area (Å²) in [5, 5.41) is 35.1. The number of halogens is 1. The number of phenols is 1. The second-order valence-corrected chi connectivity index (χ2v) is 24.1. The molecule has 2 unspecified atom stereocenters. The molecule has 420 valence electrons. The minimum atomic E-state index is -0.832. The summed E-state index contributed by atoms with van der Waals surface area (Å²) >= 11 is 1.59. The molecule has 4 N–H and O–H groups in total. The van der Waals surface area contributed by atoms with E-state index in [1.807, 2.05) is 81.7 Å². The van der Waals surface area contributed by atoms with E-state index in [1.54, 1.807) is 29.7 Å². The van der Waals surface area contributed by atoms with Crippen LogP contribution >= 0.6 is 11.3 Å². The highest BCUT2D eigenvalue weighted by Gasteiger charge is 2.44. The first kappa shape index (κ1) is 53.8. The highest BCUT2D eigenvalue weighted by molar-refractivity contribution is 7.13. The minimum Gasteiger partial charge on any atom is -0.508 e. The van der Waals surface area contributed by atoms with E-state index in [4.69, 9.17) is 24.2 Å². The number of likely N-dealkylation sites (tertiary alicyclic amines) is 1. The number of anilines is 2. The standard InChI is InChI=1S/C60H71FN12O6S/c1-7-37-9-8-10-40-19-44(74)20-46(52(37)40)54-53(61)55-47(23-62-54)57(72-27-41-15-16-42(28-72)65-41)67-60(66-55)78-31-43-29-70(18-17-69(43)6)24-36-25-71(26-36)50-22-49(79-68-50)51(33(2)3)59(77)73-30-45(75)21-48(73)58(76)64-34(4)38-11-13-39(14-12-38)56-35(5)63-32-80-56/h8-14,19-20,22-23,32-34,36,41-43,45,48,51,65,74-75H,7,15-18,21,24-31H2,1-6H3,(H,64,76)/t34-,41?,42?,43-,45+,48-,51-/m0/s1. The van der Waals surface area contributed by atoms with Crippen LogP contribution in [0.15, 0.2) is 76.9 Å². The Morgan fingerprint density at radius 1 is 0.963 bits per heavy atom. The second kappa shape index (κ2) is 22.2. The third-order valence-corrected chi connectivity index (χ3v) is 18.3. The molecule has 7 aromatic rings. The number of amides is 2. The number of β-amino-alcohol motifs (C(OH)–C–C–N with tert-alkyl or cyclic N) is 1. The Labute approximate surface area is 469 Å². The predicted octanol–water partition coefficient (Wildman–Crippen LogP) is 7.32. The second-order valence-electron chi connectivity index (χ2n) is 23.2. The quantitative estimate of drug-likeness (QED) is 0.0749. The summed E-state index contributed by atoms with van der Waals surface area (Å²) in [4.78, 5) is 59.0. The first-order chi connectivity index (χ1) is 38.7. The van der Waals surface area contributed by atoms with Gasteiger partial charge in [-0.25, -0.2) is 9.37 Å². The molecular weight excluding hydrogens is 1040 g/mol. The van der Waals surface area contributed by atoms with Gasteiger partial charge in [0.2, 0.25) is 11.8 Å². The average molecular weight is 1110 g/mol. The number of phenolic OH excluding ortho intramolecular Hbond substituents is 1. The molecule has 80 heavy (non-hydrogen) atoms. The van der Waals surface area contributed by atoms with Crippen LogP contribution in [0.4, 0.5) is 16.0 Å². The van der Waals surface area contributed by atoms with E-state index >= 15 is 4.39 Å². The Morgan fingerprint density at radius 3 is 2.49 bits per heavy atom. The molecule has 20 heteroatoms. The number of carbonyl (C=O) groups excluding carboxylic acids is 2. The van der Waals surface area contributed by atoms with Gasteiger partial charge in [-0.2, -0.15) is 9.97 Å². The molecule has 2 amide bonds. The molecule has 5 aliphatic heterocycles. The highest BCUT2D eigenvalue weighted by Crippen LogP contribution is 2.40. The van der Waals surface area contributed by atoms with Gasteiger partial charge in [0.05, 0.1) is 39.7 Å². The number of thiazole rings is 1. The van der Waals surface area contributed by atoms with E-state index in [9.17, 15) is 19.8 Å². The molecule has 12 rings (SSSR count). The maximum absolute atomic E-state index is 17.3. The van der Waals surface area contributed by atoms with Gasteiger partial charge in [-0.15, -0.1) is 11.3 Å². The SMILES string of the molecule is CCc1cccc2cc(O)cc(-c3ncc4c(N5CC6CCC(C5)N6)nc(OC[C@@H]5CN(CC6CN(c7cc([C@@H](C(=O)N8C[C@H](O)C[C@H]8C(=O)N[C@@H](C)c8ccc(-c9scnc9C)cc8)C(C)C)on7)C6)CCN5C)nc4c3F)c12. The first-order valence-corrected chi connectivity index (χ1v) is 29.2. The largest absolute Gasteiger partial charge is 0.508 e. The number of aliphatic hydroxyl groups excluding tert-OH is 1. The number of aromatic nitrogens is 5. The van der Waals surface area contributed by atoms with Crippen molar-refractivity contribution in [2.24, 2.45) is 11.8 Å². The maximum Gasteiger partial charge on any atom is 0.319 e. The van der Waals surface area contributed by atoms with Crippen LogP contribution in [0.1, 0.15) is 81.5 Å². The van der Waals surface area contributed by atoms with Crippen molar-refractivity contribution in [2.45, 2.75) is 103 Å². The molecule has 5 fully saturated rings. The molecule has 9 heterocycles. The van der Waals surface area contributed by atoms with E-state index in [2.05, 4.69) is 54.3 Å². The molecule has 7 atom stereocenters. The summed E-state index contributed by atoms with van der Waals surface area (Å²) in [6.45, 7) is 16.6. The molecule has 5 saturated heterocycles. The van der Waals surface area contributed by atoms with Crippen molar-refractivity contribution < 1.29 is 33.5 Å². The van der Waals surface area contributed by atoms with Crippen molar-refractivity contribution in [1.82, 2.24) is 50.4 Å². The first-order valence-electron chi connectivity index (χ1n) is 28.3. The number of fused-ring (bicyclic) bond motifs is 4. The number of benzene rings is 3. The molecule has 3 aromatic carbocycles. The lowest BCUT2D eigenvalue weighted by molar-refractivity contribution is -0.141. The Bertz CT molecular complexity index is 3410. The van der Waals surface area contributed by atoms with Crippen LogP contribution in [0, 0.1) is 24.6 Å². The number of hydrogen-bond acceptors (Lipinski definition) is 17. The van der Waals surface area contributed by atoms with Crippen molar-refractivity contribution in [3.05, 3.63) is 101 Å². The number of nitrogens with zero attached hydrogens (tertiary/aromatic N) is 10. The molecular formula is C60H71FN12O6S. The summed E-state index contributed by atoms with van der Waals surface area (Å²) in [5.74, 6) is 0.103. The Morgan fingerprint density at radius 2 is 1.75 bits per heavy atom. The van der Waals surface area contributed by atoms with Crippen molar-refractivity contribution in [1.29, 1.82) is 0 Å². The zero-order valence-electron chi connectivity index (χ0n) is 46.3. The predicted molar refractivity (Wildman–Crippen MR) is 307 cm³/mol. The molecule has 0 aliphatic carbocycles. The van der Waals surface area contributed by atoms with Gasteiger partial charge in [0.25, 0.3) is 0 Å². The lowest BCUT2D eigenvalue weighted by atomic mass is 9.91. The smallest absolute Gasteiger partial charge is 0.319 e. The van der Waals surface area contributed by atoms with Crippen LogP contribution in [-0.2, 0) is 16.0 Å². The molecule has 5 aliphatic rings. The van der Waals surface area contributed by atoms with Gasteiger partial charge >= 0.3 is 6.01 Å². The van der Waals surface area contributed by atoms with Crippen molar-refractivity contribution >= 4 is 56.5 Å². The molecule has 4 aromatic heterocycles. The number of aromatic hydroxyl groups is 1. The topological polar surface area (TPSA) is 202 Å². The fourth-order valence-corrected chi connectivity index (χ4v) is 13.7. The number of ether oxygens (including phenoxy) is 1. The monoisotopic (exact) mass is 1110 g/mol. The lowest BCUT2D eigenvalue weighted by Gasteiger charge is -2.45. The number of pyridine rings is 1. The lowest BCUT2D eigenvalue weighted by Crippen LogP contribution is -2.58. The maximum atomic E-state index is 17.3. The van der Waals surface area contributed by atoms with E-state index < -0.39 is 23.9 Å². The number of hydrogen-bond donors (Lipinski definition) is 4. The number of carbonyl (C=O) groups is 2. The Kier molecular flexibility index (Phi) is 15.0. The summed E-state index contributed by atoms with van der Waals surface area (Å²) < 4.78 is 29.8. The number of rotatable bonds is 16. The molecule has 0 spiro atoms. The van der Waals surface area contributed by atoms with Crippen LogP contribution in [0.5, 0.6) is 11.8 Å². The van der Waals surface area contributed by atoms with Gasteiger partial charge < -0.3 is 44.8 Å². The zero-order chi connectivity index (χ0) is 55.5. The van der Waals surface area contributed by atoms with Crippen LogP contribution < -0.4 is 25.2 Å². The van der Waals surface area contributed by atoms with Gasteiger partial charge in [-0.1, -0.05) is 68.4 Å². The van der Waals surface area contributed by atoms with Crippen molar-refractivity contribution in [3.63, 3.8) is 0 Å². The average Bonchev–Trinajstić information content (AvgIpc) is 4.29. The van der Waals surface area contributed by atoms with Crippen LogP contribution in [0.3, 0.4) is 0 Å². The summed E-state index contributed by atoms with van der Waals surface area (Å²) in [7, 11) is 2.10. The number of likely N-dealkylation sites (N-methyl/N-ethyl adjacent to an activating group) is 1. The van der Waals surface area contributed by atoms with Gasteiger partial charge in [0.15, 0.2) is 17.4 Å². The van der Waals surface area contributed by atoms with Gasteiger partial charge in [-0.3, -0.25) is 24.4 Å². The van der Waals surface area contributed by atoms with E-state index in [1.165, 1.54) is 4.90 Å². The summed E-state index contributed by atoms with van der Waals surface area (Å²) in [6.07, 6.45) is 3.87. The van der Waals surface area contributed by atoms with Gasteiger partial charge in [-0.05, 0) is 85.7 Å². The molecule has 18 nitrogen and oxygen atoms in total. The minimum absolute atomic E-state index is 0.0210. The fraction of sp³-hybridized carbons (Fsp3) is 0.483. The van der Waals surface area contributed by atoms with E-state index in [0.29, 0.717) is 53.0 Å². The number of piperazine rings is 2. The van der Waals surface area contributed by atoms with Crippen LogP contribution in [0.2, 0.25) is 0 Å². The van der Waals surface area contributed by atoms with E-state index in [0.717, 1.165) is 110 Å². The molecule has 0 radical (unpaired) electrons. The third-order valence-electron chi connectivity index (χ3n) is 17.3. The number of aryl methyl sites for hydroxylation is 2. The van der Waals surface area contributed by atoms with Gasteiger partial charge in [0, 0.05) is 101 Å². The molecule has 0 saturated carbocycles. The van der Waals surface area contributed by atoms with Crippen molar-refractivity contribution in [3.8, 4) is 33.5 Å². The van der Waals surface area contributed by atoms with Gasteiger partial charge in [0.1, 0.15) is 41.3 Å².